The molecule has 0 saturated heterocycles. The van der Waals surface area contributed by atoms with Crippen LogP contribution >= 0.6 is 22.7 Å². The summed E-state index contributed by atoms with van der Waals surface area (Å²) in [5, 5.41) is 2.98. The van der Waals surface area contributed by atoms with Crippen molar-refractivity contribution in [3.05, 3.63) is 114 Å². The number of fused-ring (bicyclic) bond motifs is 2. The van der Waals surface area contributed by atoms with E-state index in [-0.39, 0.29) is 12.2 Å². The van der Waals surface area contributed by atoms with E-state index in [0.29, 0.717) is 20.6 Å². The zero-order chi connectivity index (χ0) is 25.5. The smallest absolute Gasteiger partial charge is 0.338 e. The van der Waals surface area contributed by atoms with E-state index in [9.17, 15) is 9.59 Å². The van der Waals surface area contributed by atoms with Gasteiger partial charge in [0.2, 0.25) is 0 Å². The van der Waals surface area contributed by atoms with E-state index >= 15 is 0 Å². The molecule has 0 spiro atoms. The molecule has 5 aromatic rings. The van der Waals surface area contributed by atoms with Gasteiger partial charge in [-0.25, -0.2) is 9.79 Å². The van der Waals surface area contributed by atoms with Gasteiger partial charge in [-0.2, -0.15) is 0 Å². The Hall–Kier alpha value is -4.01. The number of nitrogens with zero attached hydrogens (tertiary/aromatic N) is 2. The van der Waals surface area contributed by atoms with Crippen LogP contribution in [0.2, 0.25) is 0 Å². The molecule has 0 radical (unpaired) electrons. The minimum atomic E-state index is -0.575. The zero-order valence-corrected chi connectivity index (χ0v) is 21.9. The zero-order valence-electron chi connectivity index (χ0n) is 20.2. The van der Waals surface area contributed by atoms with Crippen LogP contribution in [0.5, 0.6) is 0 Å². The van der Waals surface area contributed by atoms with Crippen molar-refractivity contribution in [1.82, 2.24) is 9.55 Å². The van der Waals surface area contributed by atoms with Gasteiger partial charge in [0.05, 0.1) is 28.1 Å². The van der Waals surface area contributed by atoms with E-state index in [1.807, 2.05) is 60.0 Å². The predicted molar refractivity (Wildman–Crippen MR) is 148 cm³/mol. The highest BCUT2D eigenvalue weighted by Gasteiger charge is 2.34. The lowest BCUT2D eigenvalue weighted by Gasteiger charge is -2.23. The number of esters is 1. The molecule has 1 atom stereocenters. The van der Waals surface area contributed by atoms with Crippen molar-refractivity contribution in [3.63, 3.8) is 0 Å². The molecule has 1 N–H and O–H groups in total. The molecule has 184 valence electrons. The Morgan fingerprint density at radius 2 is 1.89 bits per heavy atom. The van der Waals surface area contributed by atoms with Crippen LogP contribution in [0.25, 0.3) is 28.2 Å². The summed E-state index contributed by atoms with van der Waals surface area (Å²) in [6.45, 7) is 3.83. The first kappa shape index (κ1) is 23.4. The molecule has 0 amide bonds. The van der Waals surface area contributed by atoms with E-state index in [1.165, 1.54) is 22.7 Å². The molecular weight excluding hydrogens is 502 g/mol. The molecule has 0 saturated carbocycles. The number of benzene rings is 2. The van der Waals surface area contributed by atoms with E-state index in [4.69, 9.17) is 4.74 Å². The highest BCUT2D eigenvalue weighted by atomic mass is 32.1. The van der Waals surface area contributed by atoms with Crippen molar-refractivity contribution in [3.8, 4) is 11.3 Å². The van der Waals surface area contributed by atoms with Crippen LogP contribution in [0, 0.1) is 0 Å². The number of hydrogen-bond acceptors (Lipinski definition) is 6. The van der Waals surface area contributed by atoms with Crippen LogP contribution in [-0.4, -0.2) is 22.1 Å². The molecule has 1 aliphatic heterocycles. The number of nitrogens with one attached hydrogen (secondary N) is 1. The average molecular weight is 526 g/mol. The molecule has 6 rings (SSSR count). The first-order valence-electron chi connectivity index (χ1n) is 12.0. The third kappa shape index (κ3) is 3.98. The maximum Gasteiger partial charge on any atom is 0.338 e. The minimum absolute atomic E-state index is 0.180. The average Bonchev–Trinajstić information content (AvgIpc) is 3.63. The standard InChI is InChI=1S/C29H23N3O3S2/c1-3-35-28(34)24-17(2)30-29-32(26(24)22-14-9-15-36-22)27(33)23(37-29)16-20-19-12-7-8-13-21(19)31-25(20)18-10-5-4-6-11-18/h4-16,26,31H,3H2,1-2H3/b23-16-. The number of thiophene rings is 1. The highest BCUT2D eigenvalue weighted by Crippen LogP contribution is 2.34. The molecule has 6 nitrogen and oxygen atoms in total. The van der Waals surface area contributed by atoms with Gasteiger partial charge < -0.3 is 9.72 Å². The van der Waals surface area contributed by atoms with Crippen molar-refractivity contribution in [1.29, 1.82) is 0 Å². The Morgan fingerprint density at radius 1 is 1.11 bits per heavy atom. The van der Waals surface area contributed by atoms with Crippen LogP contribution in [0.4, 0.5) is 0 Å². The van der Waals surface area contributed by atoms with Gasteiger partial charge in [-0.15, -0.1) is 11.3 Å². The number of rotatable bonds is 5. The Labute approximate surface area is 220 Å². The Bertz CT molecular complexity index is 1840. The van der Waals surface area contributed by atoms with Crippen molar-refractivity contribution in [2.24, 2.45) is 4.99 Å². The Balaban J connectivity index is 1.60. The molecule has 3 aromatic heterocycles. The summed E-state index contributed by atoms with van der Waals surface area (Å²) in [6, 6.07) is 21.5. The van der Waals surface area contributed by atoms with Crippen LogP contribution < -0.4 is 14.9 Å². The number of carbonyl (C=O) groups excluding carboxylic acids is 1. The fraction of sp³-hybridized carbons (Fsp3) is 0.138. The quantitative estimate of drug-likeness (QED) is 0.328. The topological polar surface area (TPSA) is 76.4 Å². The van der Waals surface area contributed by atoms with Crippen LogP contribution in [-0.2, 0) is 9.53 Å². The summed E-state index contributed by atoms with van der Waals surface area (Å²) in [5.74, 6) is -0.445. The lowest BCUT2D eigenvalue weighted by Crippen LogP contribution is -2.39. The maximum absolute atomic E-state index is 14.0. The number of hydrogen-bond donors (Lipinski definition) is 1. The summed E-state index contributed by atoms with van der Waals surface area (Å²) in [4.78, 5) is 36.6. The fourth-order valence-electron chi connectivity index (χ4n) is 4.78. The van der Waals surface area contributed by atoms with Crippen LogP contribution in [0.1, 0.15) is 30.3 Å². The molecule has 1 aliphatic rings. The molecule has 4 heterocycles. The number of carbonyl (C=O) groups is 1. The number of thiazole rings is 1. The second-order valence-corrected chi connectivity index (χ2v) is 10.6. The van der Waals surface area contributed by atoms with Gasteiger partial charge in [0.25, 0.3) is 5.56 Å². The molecule has 37 heavy (non-hydrogen) atoms. The van der Waals surface area contributed by atoms with Crippen molar-refractivity contribution in [2.45, 2.75) is 19.9 Å². The minimum Gasteiger partial charge on any atom is -0.463 e. The number of H-pyrrole nitrogens is 1. The largest absolute Gasteiger partial charge is 0.463 e. The van der Waals surface area contributed by atoms with Gasteiger partial charge in [0.15, 0.2) is 4.80 Å². The van der Waals surface area contributed by atoms with Gasteiger partial charge in [0, 0.05) is 21.3 Å². The molecule has 0 fully saturated rings. The molecule has 0 bridgehead atoms. The van der Waals surface area contributed by atoms with E-state index in [0.717, 1.165) is 32.6 Å². The molecule has 1 unspecified atom stereocenters. The summed E-state index contributed by atoms with van der Waals surface area (Å²) in [6.07, 6.45) is 1.94. The lowest BCUT2D eigenvalue weighted by atomic mass is 10.0. The molecule has 0 aliphatic carbocycles. The van der Waals surface area contributed by atoms with Gasteiger partial charge in [-0.1, -0.05) is 65.9 Å². The number of ether oxygens (including phenoxy) is 1. The third-order valence-corrected chi connectivity index (χ3v) is 8.32. The van der Waals surface area contributed by atoms with Gasteiger partial charge >= 0.3 is 5.97 Å². The summed E-state index contributed by atoms with van der Waals surface area (Å²) in [7, 11) is 0. The van der Waals surface area contributed by atoms with Gasteiger partial charge in [-0.3, -0.25) is 9.36 Å². The van der Waals surface area contributed by atoms with Crippen molar-refractivity contribution >= 4 is 45.6 Å². The summed E-state index contributed by atoms with van der Waals surface area (Å²) >= 11 is 2.84. The van der Waals surface area contributed by atoms with Gasteiger partial charge in [0.1, 0.15) is 6.04 Å². The highest BCUT2D eigenvalue weighted by molar-refractivity contribution is 7.10. The SMILES string of the molecule is CCOC(=O)C1=C(C)N=c2s/c(=C\c3c(-c4ccccc4)[nH]c4ccccc34)c(=O)n2C1c1cccs1. The Morgan fingerprint density at radius 3 is 2.65 bits per heavy atom. The number of allylic oxidation sites excluding steroid dienone is 1. The fourth-order valence-corrected chi connectivity index (χ4v) is 6.64. The molecule has 8 heteroatoms. The molecular formula is C29H23N3O3S2. The second kappa shape index (κ2) is 9.46. The van der Waals surface area contributed by atoms with E-state index < -0.39 is 12.0 Å². The van der Waals surface area contributed by atoms with Crippen LogP contribution in [0.3, 0.4) is 0 Å². The number of aromatic nitrogens is 2. The first-order chi connectivity index (χ1) is 18.1. The predicted octanol–water partition coefficient (Wildman–Crippen LogP) is 5.01. The monoisotopic (exact) mass is 525 g/mol. The number of aromatic amines is 1. The number of para-hydroxylation sites is 1. The lowest BCUT2D eigenvalue weighted by molar-refractivity contribution is -0.139. The maximum atomic E-state index is 14.0. The van der Waals surface area contributed by atoms with Crippen molar-refractivity contribution in [2.75, 3.05) is 6.61 Å². The normalized spacial score (nSPS) is 15.6. The van der Waals surface area contributed by atoms with E-state index in [2.05, 4.69) is 28.2 Å². The molecule has 2 aromatic carbocycles. The summed E-state index contributed by atoms with van der Waals surface area (Å²) in [5.41, 5.74) is 4.72. The summed E-state index contributed by atoms with van der Waals surface area (Å²) < 4.78 is 7.56. The van der Waals surface area contributed by atoms with E-state index in [1.54, 1.807) is 18.4 Å². The second-order valence-electron chi connectivity index (χ2n) is 8.64. The van der Waals surface area contributed by atoms with Crippen LogP contribution in [0.15, 0.2) is 93.2 Å². The third-order valence-electron chi connectivity index (χ3n) is 6.41. The van der Waals surface area contributed by atoms with Gasteiger partial charge in [-0.05, 0) is 43.0 Å². The van der Waals surface area contributed by atoms with Crippen molar-refractivity contribution < 1.29 is 9.53 Å². The Kier molecular flexibility index (Phi) is 5.98. The first-order valence-corrected chi connectivity index (χ1v) is 13.7.